The highest BCUT2D eigenvalue weighted by Crippen LogP contribution is 2.34. The predicted molar refractivity (Wildman–Crippen MR) is 122 cm³/mol. The van der Waals surface area contributed by atoms with Crippen molar-refractivity contribution < 1.29 is 13.2 Å². The summed E-state index contributed by atoms with van der Waals surface area (Å²) in [5.74, 6) is 1.51. The average Bonchev–Trinajstić information content (AvgIpc) is 2.79. The van der Waals surface area contributed by atoms with Crippen LogP contribution in [-0.2, 0) is 14.8 Å². The number of hydrogen-bond donors (Lipinski definition) is 1. The molecule has 1 aromatic carbocycles. The molecule has 8 heteroatoms. The second-order valence-electron chi connectivity index (χ2n) is 8.77. The molecule has 2 atom stereocenters. The summed E-state index contributed by atoms with van der Waals surface area (Å²) in [6, 6.07) is 10.6. The van der Waals surface area contributed by atoms with Gasteiger partial charge in [0.1, 0.15) is 5.82 Å². The summed E-state index contributed by atoms with van der Waals surface area (Å²) in [6.07, 6.45) is 11.7. The van der Waals surface area contributed by atoms with Crippen LogP contribution in [0.25, 0.3) is 0 Å². The number of anilines is 1. The molecular formula is C23H32N4O3S. The largest absolute Gasteiger partial charge is 0.378 e. The Bertz CT molecular complexity index is 918. The molecule has 2 heterocycles. The molecule has 4 rings (SSSR count). The summed E-state index contributed by atoms with van der Waals surface area (Å²) in [5.41, 5.74) is 1.42. The first-order valence-corrected chi connectivity index (χ1v) is 13.0. The lowest BCUT2D eigenvalue weighted by atomic mass is 9.82. The average molecular weight is 445 g/mol. The molecule has 2 fully saturated rings. The molecule has 31 heavy (non-hydrogen) atoms. The molecule has 0 spiro atoms. The lowest BCUT2D eigenvalue weighted by Crippen LogP contribution is -2.52. The molecule has 0 radical (unpaired) electrons. The molecule has 2 unspecified atom stereocenters. The number of benzene rings is 1. The molecule has 1 aliphatic heterocycles. The van der Waals surface area contributed by atoms with Crippen LogP contribution in [0.15, 0.2) is 48.9 Å². The number of hydrogen-bond acceptors (Lipinski definition) is 6. The Hall–Kier alpha value is -2.03. The topological polar surface area (TPSA) is 84.4 Å². The zero-order valence-corrected chi connectivity index (χ0v) is 18.9. The molecule has 1 N–H and O–H groups in total. The number of aromatic nitrogens is 2. The highest BCUT2D eigenvalue weighted by atomic mass is 32.2. The quantitative estimate of drug-likeness (QED) is 0.707. The van der Waals surface area contributed by atoms with Crippen LogP contribution in [0.3, 0.4) is 0 Å². The zero-order valence-electron chi connectivity index (χ0n) is 18.1. The maximum Gasteiger partial charge on any atom is 0.208 e. The number of rotatable bonds is 7. The Morgan fingerprint density at radius 2 is 1.87 bits per heavy atom. The van der Waals surface area contributed by atoms with Gasteiger partial charge in [0.25, 0.3) is 0 Å². The normalized spacial score (nSPS) is 27.2. The summed E-state index contributed by atoms with van der Waals surface area (Å²) >= 11 is 0. The van der Waals surface area contributed by atoms with Gasteiger partial charge in [0.05, 0.1) is 25.2 Å². The van der Waals surface area contributed by atoms with Gasteiger partial charge >= 0.3 is 0 Å². The first-order chi connectivity index (χ1) is 15.0. The standard InChI is InChI=1S/C23H32N4O3S/c1-31(28,29)26-22-11-14-27(23-15-24-12-13-25-23)16-20(22)17-30-21-9-7-19(8-10-21)18-5-3-2-4-6-18/h2-6,12-13,15,19-22,26H,7-11,14,16-17H2,1H3. The highest BCUT2D eigenvalue weighted by molar-refractivity contribution is 7.88. The molecule has 0 amide bonds. The van der Waals surface area contributed by atoms with Crippen molar-refractivity contribution in [2.45, 2.75) is 50.2 Å². The molecule has 1 saturated heterocycles. The van der Waals surface area contributed by atoms with Gasteiger partial charge in [-0.25, -0.2) is 18.1 Å². The van der Waals surface area contributed by atoms with Crippen LogP contribution in [0, 0.1) is 5.92 Å². The van der Waals surface area contributed by atoms with Crippen LogP contribution in [-0.4, -0.2) is 56.5 Å². The van der Waals surface area contributed by atoms with E-state index in [-0.39, 0.29) is 18.1 Å². The fourth-order valence-corrected chi connectivity index (χ4v) is 5.70. The minimum Gasteiger partial charge on any atom is -0.378 e. The maximum atomic E-state index is 11.9. The van der Waals surface area contributed by atoms with Gasteiger partial charge in [-0.15, -0.1) is 0 Å². The Morgan fingerprint density at radius 1 is 1.10 bits per heavy atom. The Kier molecular flexibility index (Phi) is 7.20. The van der Waals surface area contributed by atoms with Gasteiger partial charge in [0.15, 0.2) is 0 Å². The van der Waals surface area contributed by atoms with Crippen LogP contribution in [0.5, 0.6) is 0 Å². The van der Waals surface area contributed by atoms with E-state index in [1.807, 2.05) is 0 Å². The van der Waals surface area contributed by atoms with E-state index >= 15 is 0 Å². The zero-order chi connectivity index (χ0) is 21.7. The second kappa shape index (κ2) is 10.1. The van der Waals surface area contributed by atoms with E-state index < -0.39 is 10.0 Å². The van der Waals surface area contributed by atoms with Crippen LogP contribution in [0.4, 0.5) is 5.82 Å². The van der Waals surface area contributed by atoms with Gasteiger partial charge in [0, 0.05) is 37.4 Å². The third kappa shape index (κ3) is 6.24. The van der Waals surface area contributed by atoms with E-state index in [9.17, 15) is 8.42 Å². The fraction of sp³-hybridized carbons (Fsp3) is 0.565. The van der Waals surface area contributed by atoms with Crippen molar-refractivity contribution in [2.24, 2.45) is 5.92 Å². The van der Waals surface area contributed by atoms with Gasteiger partial charge in [-0.1, -0.05) is 30.3 Å². The number of piperidine rings is 1. The van der Waals surface area contributed by atoms with Gasteiger partial charge in [-0.2, -0.15) is 0 Å². The van der Waals surface area contributed by atoms with Crippen LogP contribution in [0.2, 0.25) is 0 Å². The van der Waals surface area contributed by atoms with Gasteiger partial charge in [-0.3, -0.25) is 4.98 Å². The van der Waals surface area contributed by atoms with Crippen LogP contribution < -0.4 is 9.62 Å². The Morgan fingerprint density at radius 3 is 2.55 bits per heavy atom. The molecular weight excluding hydrogens is 412 g/mol. The van der Waals surface area contributed by atoms with E-state index in [4.69, 9.17) is 4.74 Å². The second-order valence-corrected chi connectivity index (χ2v) is 10.6. The van der Waals surface area contributed by atoms with Crippen molar-refractivity contribution in [2.75, 3.05) is 30.9 Å². The molecule has 2 aromatic rings. The molecule has 1 saturated carbocycles. The van der Waals surface area contributed by atoms with Crippen molar-refractivity contribution in [3.05, 3.63) is 54.5 Å². The predicted octanol–water partition coefficient (Wildman–Crippen LogP) is 2.96. The Balaban J connectivity index is 1.34. The third-order valence-corrected chi connectivity index (χ3v) is 7.20. The minimum atomic E-state index is -3.27. The SMILES string of the molecule is CS(=O)(=O)NC1CCN(c2cnccn2)CC1COC1CCC(c2ccccc2)CC1. The van der Waals surface area contributed by atoms with Gasteiger partial charge in [-0.05, 0) is 43.6 Å². The van der Waals surface area contributed by atoms with Crippen LogP contribution >= 0.6 is 0 Å². The summed E-state index contributed by atoms with van der Waals surface area (Å²) in [7, 11) is -3.27. The van der Waals surface area contributed by atoms with Crippen molar-refractivity contribution in [3.8, 4) is 0 Å². The first kappa shape index (κ1) is 22.2. The fourth-order valence-electron chi connectivity index (χ4n) is 4.84. The highest BCUT2D eigenvalue weighted by Gasteiger charge is 2.33. The minimum absolute atomic E-state index is 0.0670. The molecule has 2 aliphatic rings. The van der Waals surface area contributed by atoms with Crippen molar-refractivity contribution in [1.29, 1.82) is 0 Å². The molecule has 1 aliphatic carbocycles. The first-order valence-electron chi connectivity index (χ1n) is 11.1. The lowest BCUT2D eigenvalue weighted by Gasteiger charge is -2.39. The number of nitrogens with one attached hydrogen (secondary N) is 1. The van der Waals surface area contributed by atoms with Gasteiger partial charge < -0.3 is 9.64 Å². The Labute approximate surface area is 185 Å². The van der Waals surface area contributed by atoms with E-state index in [2.05, 4.69) is 49.9 Å². The van der Waals surface area contributed by atoms with Gasteiger partial charge in [0.2, 0.25) is 10.0 Å². The van der Waals surface area contributed by atoms with Crippen molar-refractivity contribution >= 4 is 15.8 Å². The van der Waals surface area contributed by atoms with E-state index in [0.29, 0.717) is 19.1 Å². The van der Waals surface area contributed by atoms with E-state index in [0.717, 1.165) is 44.5 Å². The van der Waals surface area contributed by atoms with Crippen LogP contribution in [0.1, 0.15) is 43.6 Å². The summed E-state index contributed by atoms with van der Waals surface area (Å²) in [6.45, 7) is 1.99. The number of nitrogens with zero attached hydrogens (tertiary/aromatic N) is 3. The maximum absolute atomic E-state index is 11.9. The summed E-state index contributed by atoms with van der Waals surface area (Å²) < 4.78 is 32.9. The molecule has 168 valence electrons. The molecule has 1 aromatic heterocycles. The molecule has 7 nitrogen and oxygen atoms in total. The lowest BCUT2D eigenvalue weighted by molar-refractivity contribution is -0.00214. The monoisotopic (exact) mass is 444 g/mol. The van der Waals surface area contributed by atoms with E-state index in [1.165, 1.54) is 11.8 Å². The summed E-state index contributed by atoms with van der Waals surface area (Å²) in [4.78, 5) is 10.7. The number of ether oxygens (including phenoxy) is 1. The van der Waals surface area contributed by atoms with Crippen molar-refractivity contribution in [3.63, 3.8) is 0 Å². The summed E-state index contributed by atoms with van der Waals surface area (Å²) in [5, 5.41) is 0. The smallest absolute Gasteiger partial charge is 0.208 e. The third-order valence-electron chi connectivity index (χ3n) is 6.46. The molecule has 0 bridgehead atoms. The van der Waals surface area contributed by atoms with E-state index in [1.54, 1.807) is 18.6 Å². The van der Waals surface area contributed by atoms with Crippen molar-refractivity contribution in [1.82, 2.24) is 14.7 Å². The number of sulfonamides is 1.